The number of nitrogens with one attached hydrogen (secondary N) is 1. The van der Waals surface area contributed by atoms with E-state index in [2.05, 4.69) is 14.9 Å². The van der Waals surface area contributed by atoms with E-state index in [1.54, 1.807) is 12.1 Å². The molecule has 1 aliphatic rings. The number of ether oxygens (including phenoxy) is 1. The molecule has 2 aromatic carbocycles. The average Bonchev–Trinajstić information content (AvgIpc) is 2.97. The summed E-state index contributed by atoms with van der Waals surface area (Å²) in [5.41, 5.74) is 3.36. The highest BCUT2D eigenvalue weighted by molar-refractivity contribution is 5.95. The van der Waals surface area contributed by atoms with E-state index in [-0.39, 0.29) is 5.91 Å². The highest BCUT2D eigenvalue weighted by Gasteiger charge is 2.30. The van der Waals surface area contributed by atoms with Gasteiger partial charge in [0.25, 0.3) is 5.91 Å². The molecule has 0 unspecified atom stereocenters. The van der Waals surface area contributed by atoms with Crippen LogP contribution in [-0.4, -0.2) is 34.1 Å². The SMILES string of the molecule is Cc1nc2ccccc2n1CCNC(=O)[C@H]1Cc2ccccc2C(=O)O1. The van der Waals surface area contributed by atoms with Crippen LogP contribution in [0.1, 0.15) is 21.7 Å². The summed E-state index contributed by atoms with van der Waals surface area (Å²) in [7, 11) is 0. The van der Waals surface area contributed by atoms with E-state index in [9.17, 15) is 9.59 Å². The predicted octanol–water partition coefficient (Wildman–Crippen LogP) is 2.24. The molecule has 1 atom stereocenters. The molecule has 6 heteroatoms. The molecule has 0 bridgehead atoms. The number of hydrogen-bond donors (Lipinski definition) is 1. The second kappa shape index (κ2) is 6.63. The lowest BCUT2D eigenvalue weighted by Gasteiger charge is -2.23. The Labute approximate surface area is 150 Å². The van der Waals surface area contributed by atoms with Crippen LogP contribution in [0.5, 0.6) is 0 Å². The fourth-order valence-electron chi connectivity index (χ4n) is 3.36. The first-order chi connectivity index (χ1) is 12.6. The largest absolute Gasteiger partial charge is 0.448 e. The number of amides is 1. The number of hydrogen-bond acceptors (Lipinski definition) is 4. The normalized spacial score (nSPS) is 16.2. The van der Waals surface area contributed by atoms with E-state index < -0.39 is 12.1 Å². The van der Waals surface area contributed by atoms with E-state index >= 15 is 0 Å². The van der Waals surface area contributed by atoms with Crippen molar-refractivity contribution in [1.29, 1.82) is 0 Å². The van der Waals surface area contributed by atoms with Gasteiger partial charge in [-0.25, -0.2) is 9.78 Å². The van der Waals surface area contributed by atoms with Crippen molar-refractivity contribution in [2.75, 3.05) is 6.54 Å². The fraction of sp³-hybridized carbons (Fsp3) is 0.250. The maximum atomic E-state index is 12.4. The molecule has 0 spiro atoms. The Morgan fingerprint density at radius 2 is 2.00 bits per heavy atom. The zero-order chi connectivity index (χ0) is 18.1. The molecular weight excluding hydrogens is 330 g/mol. The minimum atomic E-state index is -0.780. The van der Waals surface area contributed by atoms with Crippen LogP contribution < -0.4 is 5.32 Å². The third kappa shape index (κ3) is 2.94. The highest BCUT2D eigenvalue weighted by Crippen LogP contribution is 2.20. The van der Waals surface area contributed by atoms with Gasteiger partial charge in [0.05, 0.1) is 16.6 Å². The first-order valence-corrected chi connectivity index (χ1v) is 8.62. The van der Waals surface area contributed by atoms with Gasteiger partial charge in [0.15, 0.2) is 6.10 Å². The number of carbonyl (C=O) groups excluding carboxylic acids is 2. The molecule has 1 aromatic heterocycles. The number of para-hydroxylation sites is 2. The number of benzene rings is 2. The molecule has 6 nitrogen and oxygen atoms in total. The number of cyclic esters (lactones) is 1. The van der Waals surface area contributed by atoms with Gasteiger partial charge in [0.1, 0.15) is 5.82 Å². The van der Waals surface area contributed by atoms with Gasteiger partial charge in [-0.3, -0.25) is 4.79 Å². The van der Waals surface area contributed by atoms with Gasteiger partial charge in [-0.15, -0.1) is 0 Å². The van der Waals surface area contributed by atoms with Gasteiger partial charge in [0, 0.05) is 19.5 Å². The molecular formula is C20H19N3O3. The molecule has 132 valence electrons. The van der Waals surface area contributed by atoms with Gasteiger partial charge >= 0.3 is 5.97 Å². The Bertz CT molecular complexity index is 993. The average molecular weight is 349 g/mol. The molecule has 0 saturated heterocycles. The molecule has 4 rings (SSSR count). The van der Waals surface area contributed by atoms with Gasteiger partial charge in [-0.05, 0) is 30.7 Å². The molecule has 26 heavy (non-hydrogen) atoms. The van der Waals surface area contributed by atoms with E-state index in [1.165, 1.54) is 0 Å². The van der Waals surface area contributed by atoms with E-state index in [0.29, 0.717) is 25.1 Å². The first-order valence-electron chi connectivity index (χ1n) is 8.62. The smallest absolute Gasteiger partial charge is 0.339 e. The summed E-state index contributed by atoms with van der Waals surface area (Å²) in [5.74, 6) is 0.192. The summed E-state index contributed by atoms with van der Waals surface area (Å²) < 4.78 is 7.35. The van der Waals surface area contributed by atoms with Crippen molar-refractivity contribution >= 4 is 22.9 Å². The topological polar surface area (TPSA) is 73.2 Å². The number of imidazole rings is 1. The van der Waals surface area contributed by atoms with Crippen molar-refractivity contribution in [3.8, 4) is 0 Å². The van der Waals surface area contributed by atoms with Crippen LogP contribution in [0.4, 0.5) is 0 Å². The summed E-state index contributed by atoms with van der Waals surface area (Å²) in [4.78, 5) is 29.0. The molecule has 0 aliphatic carbocycles. The van der Waals surface area contributed by atoms with Crippen LogP contribution in [0.2, 0.25) is 0 Å². The predicted molar refractivity (Wildman–Crippen MR) is 96.8 cm³/mol. The van der Waals surface area contributed by atoms with Gasteiger partial charge in [-0.1, -0.05) is 30.3 Å². The number of nitrogens with zero attached hydrogens (tertiary/aromatic N) is 2. The summed E-state index contributed by atoms with van der Waals surface area (Å²) in [6.07, 6.45) is -0.376. The number of aromatic nitrogens is 2. The number of aryl methyl sites for hydroxylation is 1. The lowest BCUT2D eigenvalue weighted by Crippen LogP contribution is -2.42. The zero-order valence-electron chi connectivity index (χ0n) is 14.4. The minimum absolute atomic E-state index is 0.269. The van der Waals surface area contributed by atoms with E-state index in [0.717, 1.165) is 22.4 Å². The maximum Gasteiger partial charge on any atom is 0.339 e. The van der Waals surface area contributed by atoms with Gasteiger partial charge in [-0.2, -0.15) is 0 Å². The number of rotatable bonds is 4. The van der Waals surface area contributed by atoms with Gasteiger partial charge in [0.2, 0.25) is 0 Å². The summed E-state index contributed by atoms with van der Waals surface area (Å²) in [6, 6.07) is 15.1. The van der Waals surface area contributed by atoms with Crippen LogP contribution in [0.15, 0.2) is 48.5 Å². The van der Waals surface area contributed by atoms with Crippen molar-refractivity contribution < 1.29 is 14.3 Å². The molecule has 1 amide bonds. The zero-order valence-corrected chi connectivity index (χ0v) is 14.4. The number of carbonyl (C=O) groups is 2. The molecule has 0 fully saturated rings. The summed E-state index contributed by atoms with van der Waals surface area (Å²) in [6.45, 7) is 2.99. The van der Waals surface area contributed by atoms with Crippen LogP contribution in [0.25, 0.3) is 11.0 Å². The van der Waals surface area contributed by atoms with Crippen LogP contribution >= 0.6 is 0 Å². The quantitative estimate of drug-likeness (QED) is 0.733. The lowest BCUT2D eigenvalue weighted by molar-refractivity contribution is -0.130. The highest BCUT2D eigenvalue weighted by atomic mass is 16.5. The lowest BCUT2D eigenvalue weighted by atomic mass is 9.98. The standard InChI is InChI=1S/C20H19N3O3/c1-13-22-16-8-4-5-9-17(16)23(13)11-10-21-19(24)18-12-14-6-2-3-7-15(14)20(25)26-18/h2-9,18H,10-12H2,1H3,(H,21,24)/t18-/m1/s1. The Balaban J connectivity index is 1.40. The second-order valence-corrected chi connectivity index (χ2v) is 6.35. The third-order valence-corrected chi connectivity index (χ3v) is 4.66. The molecule has 3 aromatic rings. The van der Waals surface area contributed by atoms with Crippen molar-refractivity contribution in [2.45, 2.75) is 26.0 Å². The van der Waals surface area contributed by atoms with Crippen LogP contribution in [-0.2, 0) is 22.5 Å². The Morgan fingerprint density at radius 1 is 1.23 bits per heavy atom. The Hall–Kier alpha value is -3.15. The Kier molecular flexibility index (Phi) is 4.16. The number of fused-ring (bicyclic) bond motifs is 2. The molecule has 1 N–H and O–H groups in total. The van der Waals surface area contributed by atoms with Crippen molar-refractivity contribution in [3.05, 3.63) is 65.5 Å². The van der Waals surface area contributed by atoms with E-state index in [4.69, 9.17) is 4.74 Å². The molecule has 2 heterocycles. The van der Waals surface area contributed by atoms with E-state index in [1.807, 2.05) is 43.3 Å². The molecule has 0 radical (unpaired) electrons. The molecule has 1 aliphatic heterocycles. The summed E-state index contributed by atoms with van der Waals surface area (Å²) >= 11 is 0. The fourth-order valence-corrected chi connectivity index (χ4v) is 3.36. The minimum Gasteiger partial charge on any atom is -0.448 e. The van der Waals surface area contributed by atoms with Crippen molar-refractivity contribution in [3.63, 3.8) is 0 Å². The van der Waals surface area contributed by atoms with Crippen LogP contribution in [0.3, 0.4) is 0 Å². The second-order valence-electron chi connectivity index (χ2n) is 6.35. The molecule has 0 saturated carbocycles. The first kappa shape index (κ1) is 16.3. The third-order valence-electron chi connectivity index (χ3n) is 4.66. The van der Waals surface area contributed by atoms with Crippen molar-refractivity contribution in [2.24, 2.45) is 0 Å². The van der Waals surface area contributed by atoms with Gasteiger partial charge < -0.3 is 14.6 Å². The van der Waals surface area contributed by atoms with Crippen LogP contribution in [0, 0.1) is 6.92 Å². The van der Waals surface area contributed by atoms with Crippen molar-refractivity contribution in [1.82, 2.24) is 14.9 Å². The summed E-state index contributed by atoms with van der Waals surface area (Å²) in [5, 5.41) is 2.87. The maximum absolute atomic E-state index is 12.4. The number of esters is 1. The Morgan fingerprint density at radius 3 is 2.88 bits per heavy atom. The monoisotopic (exact) mass is 349 g/mol.